The van der Waals surface area contributed by atoms with E-state index in [1.54, 1.807) is 0 Å². The van der Waals surface area contributed by atoms with Crippen molar-refractivity contribution >= 4 is 80.1 Å². The maximum atomic E-state index is 13.8. The summed E-state index contributed by atoms with van der Waals surface area (Å²) in [5, 5.41) is 6.86. The fraction of sp³-hybridized carbons (Fsp3) is 0.417. The summed E-state index contributed by atoms with van der Waals surface area (Å²) in [5.41, 5.74) is 3.31. The van der Waals surface area contributed by atoms with Crippen LogP contribution in [0.1, 0.15) is 18.4 Å². The Bertz CT molecular complexity index is 1400. The lowest BCUT2D eigenvalue weighted by molar-refractivity contribution is -0.0276. The first-order chi connectivity index (χ1) is 19.1. The Balaban J connectivity index is 1.51. The summed E-state index contributed by atoms with van der Waals surface area (Å²) >= 11 is 0. The normalized spacial score (nSPS) is 23.2. The van der Waals surface area contributed by atoms with E-state index in [0.29, 0.717) is 12.0 Å². The molecule has 7 nitrogen and oxygen atoms in total. The Hall–Kier alpha value is -2.52. The van der Waals surface area contributed by atoms with Crippen molar-refractivity contribution < 1.29 is 13.5 Å². The number of anilines is 3. The monoisotopic (exact) mass is 550 g/mol. The highest BCUT2D eigenvalue weighted by Gasteiger charge is 2.63. The number of nitrogens with one attached hydrogen (secondary N) is 1. The fourth-order valence-electron chi connectivity index (χ4n) is 7.23. The lowest BCUT2D eigenvalue weighted by Gasteiger charge is -2.76. The molecule has 2 aliphatic rings. The van der Waals surface area contributed by atoms with Gasteiger partial charge in [-0.2, -0.15) is 4.98 Å². The van der Waals surface area contributed by atoms with Gasteiger partial charge in [0.25, 0.3) is 0 Å². The number of hydrogen-bond donors (Lipinski definition) is 1. The Kier molecular flexibility index (Phi) is 7.55. The first kappa shape index (κ1) is 30.0. The Morgan fingerprint density at radius 2 is 1.49 bits per heavy atom. The number of nitrogens with zero attached hydrogens (tertiary/aromatic N) is 5. The van der Waals surface area contributed by atoms with Crippen LogP contribution in [0.3, 0.4) is 0 Å². The zero-order valence-electron chi connectivity index (χ0n) is 25.8. The molecule has 0 aliphatic carbocycles. The van der Waals surface area contributed by atoms with Crippen LogP contribution in [0.15, 0.2) is 42.7 Å². The molecule has 1 atom stereocenters. The summed E-state index contributed by atoms with van der Waals surface area (Å²) in [4.78, 5) is 9.66. The second kappa shape index (κ2) is 10.3. The quantitative estimate of drug-likeness (QED) is 0.325. The zero-order valence-corrected chi connectivity index (χ0v) is 25.8. The standard InChI is InChI=1S/C24H36B8F2N6O/c1-13-5-16(36-20-35-12-38(37-20)18-8-14(33)7-15(34)9-18)10-19(6-13)40-23(29,30)21(25,26)39(17-3-2-4-41-11-17)22(27,28)24(40,31)32/h5-10,12,17H,2-4,11,25-32H2,1H3,(H,36,37). The molecule has 1 unspecified atom stereocenters. The predicted octanol–water partition coefficient (Wildman–Crippen LogP) is -4.42. The summed E-state index contributed by atoms with van der Waals surface area (Å²) in [6.45, 7) is 3.69. The van der Waals surface area contributed by atoms with Crippen molar-refractivity contribution in [3.63, 3.8) is 0 Å². The van der Waals surface area contributed by atoms with Gasteiger partial charge < -0.3 is 19.9 Å². The summed E-state index contributed by atoms with van der Waals surface area (Å²) in [6.07, 6.45) is 3.67. The molecule has 17 heteroatoms. The molecule has 2 fully saturated rings. The predicted molar refractivity (Wildman–Crippen MR) is 183 cm³/mol. The Labute approximate surface area is 249 Å². The summed E-state index contributed by atoms with van der Waals surface area (Å²) in [6, 6.07) is 10.1. The molecular formula is C24H36B8F2N6O. The van der Waals surface area contributed by atoms with E-state index in [1.165, 1.54) is 23.1 Å². The van der Waals surface area contributed by atoms with E-state index < -0.39 is 11.6 Å². The molecule has 3 aromatic rings. The van der Waals surface area contributed by atoms with Crippen molar-refractivity contribution in [2.75, 3.05) is 23.4 Å². The lowest BCUT2D eigenvalue weighted by Crippen LogP contribution is -2.93. The molecule has 0 radical (unpaired) electrons. The third-order valence-electron chi connectivity index (χ3n) is 10.00. The number of rotatable bonds is 5. The summed E-state index contributed by atoms with van der Waals surface area (Å²) in [5.74, 6) is -0.992. The maximum Gasteiger partial charge on any atom is 0.246 e. The smallest absolute Gasteiger partial charge is 0.246 e. The molecule has 206 valence electrons. The van der Waals surface area contributed by atoms with Crippen molar-refractivity contribution in [3.05, 3.63) is 59.9 Å². The molecule has 2 aliphatic heterocycles. The van der Waals surface area contributed by atoms with Crippen molar-refractivity contribution in [1.29, 1.82) is 0 Å². The van der Waals surface area contributed by atoms with Crippen LogP contribution in [0, 0.1) is 18.6 Å². The minimum Gasteiger partial charge on any atom is -0.391 e. The molecule has 0 amide bonds. The lowest BCUT2D eigenvalue weighted by atomic mass is 9.26. The van der Waals surface area contributed by atoms with Gasteiger partial charge in [-0.1, -0.05) is 0 Å². The van der Waals surface area contributed by atoms with Crippen molar-refractivity contribution in [2.45, 2.75) is 47.2 Å². The SMILES string of the molecule is BC1(B)N(c2cc(C)cc(Nc3ncn(-c4cc(F)cc(F)c4)n3)c2)C(B)(B)C(B)(B)N(C2CCCOC2)C1(B)B. The molecule has 0 saturated carbocycles. The summed E-state index contributed by atoms with van der Waals surface area (Å²) in [7, 11) is 18.8. The average Bonchev–Trinajstić information content (AvgIpc) is 3.31. The van der Waals surface area contributed by atoms with E-state index in [-0.39, 0.29) is 27.0 Å². The largest absolute Gasteiger partial charge is 0.391 e. The number of benzene rings is 2. The topological polar surface area (TPSA) is 58.5 Å². The molecule has 0 spiro atoms. The first-order valence-corrected chi connectivity index (χ1v) is 14.5. The van der Waals surface area contributed by atoms with Gasteiger partial charge in [0.05, 0.1) is 12.3 Å². The van der Waals surface area contributed by atoms with Gasteiger partial charge >= 0.3 is 0 Å². The highest BCUT2D eigenvalue weighted by atomic mass is 19.1. The van der Waals surface area contributed by atoms with Crippen molar-refractivity contribution in [2.24, 2.45) is 0 Å². The van der Waals surface area contributed by atoms with Gasteiger partial charge in [0.2, 0.25) is 5.95 Å². The van der Waals surface area contributed by atoms with Gasteiger partial charge in [0.15, 0.2) is 0 Å². The average molecular weight is 549 g/mol. The van der Waals surface area contributed by atoms with E-state index in [4.69, 9.17) is 4.74 Å². The fourth-order valence-corrected chi connectivity index (χ4v) is 7.23. The number of halogens is 2. The third-order valence-corrected chi connectivity index (χ3v) is 10.00. The molecular weight excluding hydrogens is 513 g/mol. The van der Waals surface area contributed by atoms with Gasteiger partial charge in [-0.25, -0.2) is 13.5 Å². The van der Waals surface area contributed by atoms with Crippen LogP contribution in [0.2, 0.25) is 0 Å². The highest BCUT2D eigenvalue weighted by Crippen LogP contribution is 2.47. The maximum absolute atomic E-state index is 13.8. The van der Waals surface area contributed by atoms with Crippen LogP contribution in [-0.2, 0) is 4.74 Å². The molecule has 41 heavy (non-hydrogen) atoms. The van der Waals surface area contributed by atoms with Gasteiger partial charge in [-0.05, 0) is 77.0 Å². The molecule has 0 bridgehead atoms. The van der Waals surface area contributed by atoms with E-state index in [2.05, 4.69) is 113 Å². The molecule has 1 aromatic heterocycles. The zero-order chi connectivity index (χ0) is 30.0. The molecule has 2 saturated heterocycles. The van der Waals surface area contributed by atoms with Crippen LogP contribution in [0.5, 0.6) is 0 Å². The van der Waals surface area contributed by atoms with Crippen LogP contribution in [0.25, 0.3) is 5.69 Å². The second-order valence-electron chi connectivity index (χ2n) is 13.6. The molecule has 3 heterocycles. The van der Waals surface area contributed by atoms with E-state index >= 15 is 0 Å². The van der Waals surface area contributed by atoms with Gasteiger partial charge in [0.1, 0.15) is 80.7 Å². The Morgan fingerprint density at radius 3 is 2.07 bits per heavy atom. The van der Waals surface area contributed by atoms with Crippen LogP contribution >= 0.6 is 0 Å². The molecule has 2 aromatic carbocycles. The highest BCUT2D eigenvalue weighted by molar-refractivity contribution is 6.62. The number of aromatic nitrogens is 3. The van der Waals surface area contributed by atoms with Gasteiger partial charge in [-0.3, -0.25) is 0 Å². The second-order valence-corrected chi connectivity index (χ2v) is 13.6. The van der Waals surface area contributed by atoms with E-state index in [9.17, 15) is 8.78 Å². The van der Waals surface area contributed by atoms with E-state index in [1.807, 2.05) is 0 Å². The number of aryl methyl sites for hydroxylation is 1. The minimum absolute atomic E-state index is 0.185. The van der Waals surface area contributed by atoms with Crippen LogP contribution in [-0.4, -0.2) is 123 Å². The van der Waals surface area contributed by atoms with Crippen molar-refractivity contribution in [3.8, 4) is 5.69 Å². The first-order valence-electron chi connectivity index (χ1n) is 14.5. The third kappa shape index (κ3) is 5.07. The molecule has 5 rings (SSSR count). The van der Waals surface area contributed by atoms with Crippen LogP contribution in [0.4, 0.5) is 26.1 Å². The Morgan fingerprint density at radius 1 is 0.854 bits per heavy atom. The number of piperazine rings is 1. The van der Waals surface area contributed by atoms with Crippen LogP contribution < -0.4 is 10.2 Å². The van der Waals surface area contributed by atoms with Crippen molar-refractivity contribution in [1.82, 2.24) is 19.7 Å². The number of hydrogen-bond acceptors (Lipinski definition) is 6. The molecule has 1 N–H and O–H groups in total. The van der Waals surface area contributed by atoms with E-state index in [0.717, 1.165) is 49.1 Å². The van der Waals surface area contributed by atoms with Gasteiger partial charge in [0, 0.05) is 30.1 Å². The number of ether oxygens (including phenoxy) is 1. The minimum atomic E-state index is -0.666. The summed E-state index contributed by atoms with van der Waals surface area (Å²) < 4.78 is 34.9. The van der Waals surface area contributed by atoms with Gasteiger partial charge in [-0.15, -0.1) is 5.10 Å².